The highest BCUT2D eigenvalue weighted by molar-refractivity contribution is 7.90. The van der Waals surface area contributed by atoms with Crippen molar-refractivity contribution in [3.05, 3.63) is 82.4 Å². The van der Waals surface area contributed by atoms with E-state index in [0.29, 0.717) is 22.9 Å². The second-order valence-electron chi connectivity index (χ2n) is 8.23. The molecule has 1 heterocycles. The minimum atomic E-state index is -3.59. The zero-order chi connectivity index (χ0) is 21.4. The average Bonchev–Trinajstić information content (AvgIpc) is 2.64. The molecule has 0 aliphatic carbocycles. The third-order valence-electron chi connectivity index (χ3n) is 5.78. The van der Waals surface area contributed by atoms with Crippen molar-refractivity contribution in [3.8, 4) is 0 Å². The van der Waals surface area contributed by atoms with Gasteiger partial charge in [-0.15, -0.1) is 6.58 Å². The van der Waals surface area contributed by atoms with Crippen molar-refractivity contribution in [3.63, 3.8) is 0 Å². The van der Waals surface area contributed by atoms with Crippen molar-refractivity contribution in [2.45, 2.75) is 56.4 Å². The lowest BCUT2D eigenvalue weighted by molar-refractivity contribution is 0.191. The van der Waals surface area contributed by atoms with Crippen LogP contribution in [-0.2, 0) is 10.0 Å². The molecule has 6 heteroatoms. The van der Waals surface area contributed by atoms with E-state index >= 15 is 0 Å². The van der Waals surface area contributed by atoms with Crippen molar-refractivity contribution >= 4 is 33.2 Å². The Morgan fingerprint density at radius 1 is 1.14 bits per heavy atom. The van der Waals surface area contributed by atoms with Gasteiger partial charge in [-0.3, -0.25) is 0 Å². The molecule has 2 aromatic carbocycles. The highest BCUT2D eigenvalue weighted by Gasteiger charge is 2.54. The van der Waals surface area contributed by atoms with Crippen LogP contribution in [0.5, 0.6) is 0 Å². The molecule has 3 unspecified atom stereocenters. The molecule has 1 aliphatic heterocycles. The zero-order valence-electron chi connectivity index (χ0n) is 17.0. The second kappa shape index (κ2) is 8.43. The van der Waals surface area contributed by atoms with Gasteiger partial charge in [0.1, 0.15) is 0 Å². The van der Waals surface area contributed by atoms with Crippen molar-refractivity contribution in [1.29, 1.82) is 0 Å². The molecule has 0 amide bonds. The van der Waals surface area contributed by atoms with Crippen LogP contribution in [0.2, 0.25) is 10.0 Å². The van der Waals surface area contributed by atoms with Crippen LogP contribution >= 0.6 is 23.2 Å². The molecule has 0 saturated carbocycles. The van der Waals surface area contributed by atoms with Crippen LogP contribution in [0.4, 0.5) is 0 Å². The van der Waals surface area contributed by atoms with E-state index in [-0.39, 0.29) is 18.0 Å². The molecule has 1 saturated heterocycles. The summed E-state index contributed by atoms with van der Waals surface area (Å²) in [4.78, 5) is 0. The fraction of sp³-hybridized carbons (Fsp3) is 0.391. The second-order valence-corrected chi connectivity index (χ2v) is 11.5. The monoisotopic (exact) mass is 451 g/mol. The van der Waals surface area contributed by atoms with Crippen LogP contribution in [0.1, 0.15) is 56.7 Å². The first-order valence-corrected chi connectivity index (χ1v) is 12.0. The van der Waals surface area contributed by atoms with Crippen LogP contribution in [0.15, 0.2) is 61.2 Å². The van der Waals surface area contributed by atoms with Crippen LogP contribution in [-0.4, -0.2) is 23.5 Å². The fourth-order valence-corrected chi connectivity index (χ4v) is 7.11. The summed E-state index contributed by atoms with van der Waals surface area (Å²) < 4.78 is 28.3. The maximum Gasteiger partial charge on any atom is 0.220 e. The molecule has 0 N–H and O–H groups in total. The quantitative estimate of drug-likeness (QED) is 0.480. The number of halogens is 2. The van der Waals surface area contributed by atoms with E-state index in [4.69, 9.17) is 23.2 Å². The summed E-state index contributed by atoms with van der Waals surface area (Å²) >= 11 is 12.4. The molecule has 1 aliphatic rings. The number of hydrogen-bond donors (Lipinski definition) is 0. The maximum atomic E-state index is 13.8. The summed E-state index contributed by atoms with van der Waals surface area (Å²) in [5.74, 6) is -0.0502. The average molecular weight is 452 g/mol. The van der Waals surface area contributed by atoms with Gasteiger partial charge in [0.15, 0.2) is 0 Å². The molecule has 156 valence electrons. The summed E-state index contributed by atoms with van der Waals surface area (Å²) in [5.41, 5.74) is 1.96. The highest BCUT2D eigenvalue weighted by Crippen LogP contribution is 2.52. The van der Waals surface area contributed by atoms with Gasteiger partial charge in [-0.05, 0) is 69.0 Å². The number of benzene rings is 2. The van der Waals surface area contributed by atoms with Gasteiger partial charge in [-0.2, -0.15) is 4.31 Å². The van der Waals surface area contributed by atoms with Gasteiger partial charge < -0.3 is 0 Å². The van der Waals surface area contributed by atoms with E-state index in [9.17, 15) is 8.42 Å². The number of rotatable bonds is 5. The lowest BCUT2D eigenvalue weighted by atomic mass is 9.79. The number of allylic oxidation sites excluding steroid dienone is 1. The molecule has 2 aromatic rings. The summed E-state index contributed by atoms with van der Waals surface area (Å²) in [6, 6.07) is 14.7. The molecular formula is C23H27Cl2NO2S. The van der Waals surface area contributed by atoms with E-state index in [0.717, 1.165) is 11.1 Å². The molecule has 0 spiro atoms. The Hall–Kier alpha value is -1.33. The molecule has 1 fully saturated rings. The van der Waals surface area contributed by atoms with E-state index in [2.05, 4.69) is 6.58 Å². The zero-order valence-corrected chi connectivity index (χ0v) is 19.3. The van der Waals surface area contributed by atoms with E-state index < -0.39 is 14.8 Å². The number of nitrogens with zero attached hydrogens (tertiary/aromatic N) is 1. The number of sulfonamides is 1. The summed E-state index contributed by atoms with van der Waals surface area (Å²) in [5, 5.41) is 1.27. The predicted molar refractivity (Wildman–Crippen MR) is 122 cm³/mol. The topological polar surface area (TPSA) is 37.4 Å². The standard InChI is InChI=1S/C23H27Cl2NO2S/c1-5-13-23(4)15-21(18-7-6-8-20(25)14-18)22(17-9-11-19(24)12-10-17)26(16(2)3)29(23,27)28/h5-12,14,16,21-22H,1,13,15H2,2-4H3. The van der Waals surface area contributed by atoms with Crippen LogP contribution in [0.25, 0.3) is 0 Å². The molecule has 29 heavy (non-hydrogen) atoms. The van der Waals surface area contributed by atoms with Gasteiger partial charge in [-0.25, -0.2) is 8.42 Å². The minimum absolute atomic E-state index is 0.0502. The van der Waals surface area contributed by atoms with Crippen molar-refractivity contribution in [2.75, 3.05) is 0 Å². The first-order valence-electron chi connectivity index (χ1n) is 9.75. The van der Waals surface area contributed by atoms with Crippen molar-refractivity contribution in [1.82, 2.24) is 4.31 Å². The van der Waals surface area contributed by atoms with Gasteiger partial charge in [0, 0.05) is 22.0 Å². The predicted octanol–water partition coefficient (Wildman–Crippen LogP) is 6.60. The molecule has 0 aromatic heterocycles. The molecular weight excluding hydrogens is 425 g/mol. The molecule has 3 nitrogen and oxygen atoms in total. The normalized spacial score (nSPS) is 27.1. The third-order valence-corrected chi connectivity index (χ3v) is 9.05. The highest BCUT2D eigenvalue weighted by atomic mass is 35.5. The lowest BCUT2D eigenvalue weighted by Gasteiger charge is -2.50. The first kappa shape index (κ1) is 22.4. The summed E-state index contributed by atoms with van der Waals surface area (Å²) in [6.45, 7) is 9.50. The molecule has 0 bridgehead atoms. The van der Waals surface area contributed by atoms with Crippen molar-refractivity contribution in [2.24, 2.45) is 0 Å². The molecule has 3 rings (SSSR count). The Kier molecular flexibility index (Phi) is 6.50. The summed E-state index contributed by atoms with van der Waals surface area (Å²) in [7, 11) is -3.59. The summed E-state index contributed by atoms with van der Waals surface area (Å²) in [6.07, 6.45) is 2.58. The van der Waals surface area contributed by atoms with Crippen LogP contribution < -0.4 is 0 Å². The smallest absolute Gasteiger partial charge is 0.212 e. The Morgan fingerprint density at radius 2 is 1.79 bits per heavy atom. The van der Waals surface area contributed by atoms with Crippen LogP contribution in [0.3, 0.4) is 0 Å². The SMILES string of the molecule is C=CCC1(C)CC(c2cccc(Cl)c2)C(c2ccc(Cl)cc2)N(C(C)C)S1(=O)=O. The van der Waals surface area contributed by atoms with E-state index in [1.54, 1.807) is 10.4 Å². The first-order chi connectivity index (χ1) is 13.6. The third kappa shape index (κ3) is 4.13. The Bertz CT molecular complexity index is 988. The van der Waals surface area contributed by atoms with Gasteiger partial charge in [0.25, 0.3) is 0 Å². The van der Waals surface area contributed by atoms with Gasteiger partial charge >= 0.3 is 0 Å². The minimum Gasteiger partial charge on any atom is -0.212 e. The molecule has 0 radical (unpaired) electrons. The van der Waals surface area contributed by atoms with E-state index in [1.165, 1.54) is 0 Å². The van der Waals surface area contributed by atoms with Gasteiger partial charge in [0.2, 0.25) is 10.0 Å². The number of hydrogen-bond acceptors (Lipinski definition) is 2. The maximum absolute atomic E-state index is 13.8. The van der Waals surface area contributed by atoms with Crippen molar-refractivity contribution < 1.29 is 8.42 Å². The largest absolute Gasteiger partial charge is 0.220 e. The Balaban J connectivity index is 2.26. The van der Waals surface area contributed by atoms with Crippen LogP contribution in [0, 0.1) is 0 Å². The van der Waals surface area contributed by atoms with Gasteiger partial charge in [0.05, 0.1) is 10.8 Å². The Morgan fingerprint density at radius 3 is 2.34 bits per heavy atom. The Labute approximate surface area is 184 Å². The van der Waals surface area contributed by atoms with E-state index in [1.807, 2.05) is 69.3 Å². The lowest BCUT2D eigenvalue weighted by Crippen LogP contribution is -2.56. The molecule has 3 atom stereocenters. The fourth-order valence-electron chi connectivity index (χ4n) is 4.43. The van der Waals surface area contributed by atoms with Gasteiger partial charge in [-0.1, -0.05) is 53.5 Å².